The van der Waals surface area contributed by atoms with Gasteiger partial charge in [0.2, 0.25) is 0 Å². The van der Waals surface area contributed by atoms with Gasteiger partial charge in [0.15, 0.2) is 0 Å². The first-order valence-corrected chi connectivity index (χ1v) is 8.58. The van der Waals surface area contributed by atoms with E-state index in [1.165, 1.54) is 4.88 Å². The Bertz CT molecular complexity index is 947. The van der Waals surface area contributed by atoms with Crippen LogP contribution in [-0.2, 0) is 0 Å². The minimum Gasteiger partial charge on any atom is -0.397 e. The third kappa shape index (κ3) is 2.29. The molecule has 3 aromatic rings. The summed E-state index contributed by atoms with van der Waals surface area (Å²) in [6.07, 6.45) is 3.47. The molecule has 24 heavy (non-hydrogen) atoms. The molecule has 1 atom stereocenters. The number of nitrogen functional groups attached to an aromatic ring is 1. The van der Waals surface area contributed by atoms with Gasteiger partial charge in [-0.05, 0) is 48.4 Å². The van der Waals surface area contributed by atoms with E-state index in [9.17, 15) is 4.79 Å². The largest absolute Gasteiger partial charge is 0.397 e. The Hall–Kier alpha value is -2.66. The monoisotopic (exact) mass is 335 g/mol. The summed E-state index contributed by atoms with van der Waals surface area (Å²) in [5.41, 5.74) is 10.6. The van der Waals surface area contributed by atoms with Crippen molar-refractivity contribution in [3.63, 3.8) is 0 Å². The van der Waals surface area contributed by atoms with Gasteiger partial charge in [-0.2, -0.15) is 0 Å². The first-order valence-electron chi connectivity index (χ1n) is 7.77. The highest BCUT2D eigenvalue weighted by Crippen LogP contribution is 2.38. The van der Waals surface area contributed by atoms with Gasteiger partial charge in [0, 0.05) is 40.3 Å². The molecule has 4 nitrogen and oxygen atoms in total. The summed E-state index contributed by atoms with van der Waals surface area (Å²) in [5.74, 6) is 0.0988. The third-order valence-electron chi connectivity index (χ3n) is 4.57. The summed E-state index contributed by atoms with van der Waals surface area (Å²) in [7, 11) is 1.85. The number of nitrogens with two attached hydrogens (primary N) is 1. The van der Waals surface area contributed by atoms with Crippen LogP contribution in [0.15, 0.2) is 48.8 Å². The van der Waals surface area contributed by atoms with E-state index in [4.69, 9.17) is 5.73 Å². The van der Waals surface area contributed by atoms with Crippen LogP contribution in [0.2, 0.25) is 0 Å². The average Bonchev–Trinajstić information content (AvgIpc) is 3.16. The van der Waals surface area contributed by atoms with E-state index in [2.05, 4.69) is 30.1 Å². The molecule has 0 saturated carbocycles. The molecule has 5 heteroatoms. The molecule has 0 saturated heterocycles. The van der Waals surface area contributed by atoms with E-state index in [0.29, 0.717) is 5.69 Å². The second-order valence-electron chi connectivity index (χ2n) is 6.06. The Morgan fingerprint density at radius 1 is 1.08 bits per heavy atom. The Morgan fingerprint density at radius 3 is 2.58 bits per heavy atom. The zero-order chi connectivity index (χ0) is 16.8. The lowest BCUT2D eigenvalue weighted by Gasteiger charge is -2.15. The number of benzene rings is 1. The standard InChI is InChI=1S/C19H17N3OS/c1-11-16-8-12(3-4-15(16)19(23)22(11)2)17-5-6-18(24-17)13-7-14(20)10-21-9-13/h3-11H,20H2,1-2H3. The summed E-state index contributed by atoms with van der Waals surface area (Å²) in [4.78, 5) is 20.4. The minimum absolute atomic E-state index is 0.0988. The zero-order valence-corrected chi connectivity index (χ0v) is 14.3. The van der Waals surface area contributed by atoms with Crippen LogP contribution in [0.5, 0.6) is 0 Å². The van der Waals surface area contributed by atoms with E-state index in [0.717, 1.165) is 27.1 Å². The lowest BCUT2D eigenvalue weighted by molar-refractivity contribution is 0.0784. The lowest BCUT2D eigenvalue weighted by atomic mass is 10.0. The molecule has 2 N–H and O–H groups in total. The van der Waals surface area contributed by atoms with Crippen molar-refractivity contribution in [2.75, 3.05) is 12.8 Å². The molecular weight excluding hydrogens is 318 g/mol. The number of carbonyl (C=O) groups excluding carboxylic acids is 1. The van der Waals surface area contributed by atoms with Gasteiger partial charge in [0.05, 0.1) is 11.7 Å². The second kappa shape index (κ2) is 5.46. The molecule has 120 valence electrons. The maximum atomic E-state index is 12.2. The maximum Gasteiger partial charge on any atom is 0.254 e. The van der Waals surface area contributed by atoms with Gasteiger partial charge in [-0.15, -0.1) is 11.3 Å². The minimum atomic E-state index is 0.0988. The van der Waals surface area contributed by atoms with Crippen LogP contribution in [-0.4, -0.2) is 22.8 Å². The number of fused-ring (bicyclic) bond motifs is 1. The van der Waals surface area contributed by atoms with Crippen molar-refractivity contribution >= 4 is 22.9 Å². The Labute approximate surface area is 144 Å². The lowest BCUT2D eigenvalue weighted by Crippen LogP contribution is -2.20. The maximum absolute atomic E-state index is 12.2. The summed E-state index contributed by atoms with van der Waals surface area (Å²) >= 11 is 1.70. The molecule has 1 amide bonds. The van der Waals surface area contributed by atoms with E-state index in [1.54, 1.807) is 22.4 Å². The fourth-order valence-corrected chi connectivity index (χ4v) is 4.05. The van der Waals surface area contributed by atoms with E-state index in [-0.39, 0.29) is 11.9 Å². The SMILES string of the molecule is CC1c2cc(-c3ccc(-c4cncc(N)c4)s3)ccc2C(=O)N1C. The summed E-state index contributed by atoms with van der Waals surface area (Å²) in [6.45, 7) is 2.06. The van der Waals surface area contributed by atoms with Crippen LogP contribution in [0.4, 0.5) is 5.69 Å². The highest BCUT2D eigenvalue weighted by Gasteiger charge is 2.31. The van der Waals surface area contributed by atoms with Gasteiger partial charge in [-0.3, -0.25) is 9.78 Å². The smallest absolute Gasteiger partial charge is 0.254 e. The van der Waals surface area contributed by atoms with Crippen LogP contribution < -0.4 is 5.73 Å². The molecular formula is C19H17N3OS. The Kier molecular flexibility index (Phi) is 3.39. The number of pyridine rings is 1. The van der Waals surface area contributed by atoms with Crippen LogP contribution in [0.25, 0.3) is 20.9 Å². The molecule has 2 aromatic heterocycles. The van der Waals surface area contributed by atoms with Crippen LogP contribution in [0.1, 0.15) is 28.9 Å². The van der Waals surface area contributed by atoms with Gasteiger partial charge in [-0.1, -0.05) is 6.07 Å². The Balaban J connectivity index is 1.73. The molecule has 1 unspecified atom stereocenters. The van der Waals surface area contributed by atoms with Crippen molar-refractivity contribution in [2.24, 2.45) is 0 Å². The highest BCUT2D eigenvalue weighted by molar-refractivity contribution is 7.18. The molecule has 0 spiro atoms. The number of aromatic nitrogens is 1. The van der Waals surface area contributed by atoms with Gasteiger partial charge < -0.3 is 10.6 Å². The van der Waals surface area contributed by atoms with E-state index in [1.807, 2.05) is 31.4 Å². The first-order chi connectivity index (χ1) is 11.5. The quantitative estimate of drug-likeness (QED) is 0.763. The Morgan fingerprint density at radius 2 is 1.83 bits per heavy atom. The highest BCUT2D eigenvalue weighted by atomic mass is 32.1. The molecule has 0 aliphatic carbocycles. The van der Waals surface area contributed by atoms with E-state index < -0.39 is 0 Å². The molecule has 4 rings (SSSR count). The topological polar surface area (TPSA) is 59.2 Å². The predicted octanol–water partition coefficient (Wildman–Crippen LogP) is 4.21. The number of hydrogen-bond acceptors (Lipinski definition) is 4. The number of hydrogen-bond donors (Lipinski definition) is 1. The molecule has 3 heterocycles. The molecule has 0 radical (unpaired) electrons. The summed E-state index contributed by atoms with van der Waals surface area (Å²) in [6, 6.07) is 12.3. The fourth-order valence-electron chi connectivity index (χ4n) is 3.07. The van der Waals surface area contributed by atoms with Crippen molar-refractivity contribution in [1.82, 2.24) is 9.88 Å². The molecule has 1 aliphatic heterocycles. The van der Waals surface area contributed by atoms with Crippen molar-refractivity contribution in [3.8, 4) is 20.9 Å². The number of anilines is 1. The second-order valence-corrected chi connectivity index (χ2v) is 7.15. The van der Waals surface area contributed by atoms with Crippen LogP contribution >= 0.6 is 11.3 Å². The van der Waals surface area contributed by atoms with Gasteiger partial charge in [0.1, 0.15) is 0 Å². The van der Waals surface area contributed by atoms with Crippen LogP contribution in [0, 0.1) is 0 Å². The van der Waals surface area contributed by atoms with Crippen molar-refractivity contribution in [1.29, 1.82) is 0 Å². The molecule has 1 aromatic carbocycles. The van der Waals surface area contributed by atoms with Gasteiger partial charge in [-0.25, -0.2) is 0 Å². The number of thiophene rings is 1. The van der Waals surface area contributed by atoms with Gasteiger partial charge in [0.25, 0.3) is 5.91 Å². The summed E-state index contributed by atoms with van der Waals surface area (Å²) < 4.78 is 0. The third-order valence-corrected chi connectivity index (χ3v) is 5.75. The fraction of sp³-hybridized carbons (Fsp3) is 0.158. The molecule has 0 bridgehead atoms. The van der Waals surface area contributed by atoms with Crippen molar-refractivity contribution in [3.05, 3.63) is 59.9 Å². The normalized spacial score (nSPS) is 16.5. The van der Waals surface area contributed by atoms with Crippen molar-refractivity contribution in [2.45, 2.75) is 13.0 Å². The number of carbonyl (C=O) groups is 1. The summed E-state index contributed by atoms with van der Waals surface area (Å²) in [5, 5.41) is 0. The molecule has 0 fully saturated rings. The number of rotatable bonds is 2. The first kappa shape index (κ1) is 14.9. The number of nitrogens with zero attached hydrogens (tertiary/aromatic N) is 2. The van der Waals surface area contributed by atoms with Crippen LogP contribution in [0.3, 0.4) is 0 Å². The molecule has 1 aliphatic rings. The average molecular weight is 335 g/mol. The predicted molar refractivity (Wildman–Crippen MR) is 97.9 cm³/mol. The number of amides is 1. The van der Waals surface area contributed by atoms with E-state index >= 15 is 0 Å². The van der Waals surface area contributed by atoms with Gasteiger partial charge >= 0.3 is 0 Å². The van der Waals surface area contributed by atoms with Crippen molar-refractivity contribution < 1.29 is 4.79 Å². The zero-order valence-electron chi connectivity index (χ0n) is 13.5.